The van der Waals surface area contributed by atoms with Crippen LogP contribution in [-0.2, 0) is 0 Å². The van der Waals surface area contributed by atoms with Crippen LogP contribution in [0.1, 0.15) is 32.3 Å². The van der Waals surface area contributed by atoms with Crippen LogP contribution in [0.3, 0.4) is 0 Å². The van der Waals surface area contributed by atoms with E-state index >= 15 is 0 Å². The van der Waals surface area contributed by atoms with Crippen molar-refractivity contribution in [2.24, 2.45) is 0 Å². The number of benzene rings is 1. The molecule has 0 saturated carbocycles. The number of fused-ring (bicyclic) bond motifs is 1. The summed E-state index contributed by atoms with van der Waals surface area (Å²) in [6, 6.07) is 5.57. The minimum absolute atomic E-state index is 0.370. The zero-order chi connectivity index (χ0) is 17.2. The molecule has 0 aromatic heterocycles. The fraction of sp³-hybridized carbons (Fsp3) is 0.429. The van der Waals surface area contributed by atoms with Gasteiger partial charge in [-0.3, -0.25) is 0 Å². The number of nitrogens with one attached hydrogen (secondary N) is 4. The van der Waals surface area contributed by atoms with Crippen LogP contribution in [0.5, 0.6) is 0 Å². The second-order valence-corrected chi connectivity index (χ2v) is 7.33. The van der Waals surface area contributed by atoms with Crippen molar-refractivity contribution in [3.8, 4) is 0 Å². The maximum absolute atomic E-state index is 3.82. The smallest absolute Gasteiger partial charge is 0.0442 e. The van der Waals surface area contributed by atoms with Crippen molar-refractivity contribution >= 4 is 23.5 Å². The molecule has 1 aromatic carbocycles. The van der Waals surface area contributed by atoms with Gasteiger partial charge >= 0.3 is 0 Å². The van der Waals surface area contributed by atoms with E-state index in [4.69, 9.17) is 0 Å². The average Bonchev–Trinajstić information content (AvgIpc) is 2.62. The Kier molecular flexibility index (Phi) is 4.53. The molecule has 4 rings (SSSR count). The molecule has 4 nitrogen and oxygen atoms in total. The first kappa shape index (κ1) is 16.3. The molecular weight excluding hydrogens is 308 g/mol. The van der Waals surface area contributed by atoms with Gasteiger partial charge in [0.2, 0.25) is 0 Å². The van der Waals surface area contributed by atoms with Gasteiger partial charge in [0.05, 0.1) is 0 Å². The molecular formula is C21H28N4. The van der Waals surface area contributed by atoms with Crippen molar-refractivity contribution < 1.29 is 0 Å². The number of hydrogen-bond acceptors (Lipinski definition) is 4. The van der Waals surface area contributed by atoms with Crippen LogP contribution >= 0.6 is 0 Å². The fourth-order valence-electron chi connectivity index (χ4n) is 3.98. The molecule has 0 spiro atoms. The molecule has 0 amide bonds. The lowest BCUT2D eigenvalue weighted by molar-refractivity contribution is 0.479. The minimum Gasteiger partial charge on any atom is -0.387 e. The van der Waals surface area contributed by atoms with Crippen LogP contribution in [-0.4, -0.2) is 31.7 Å². The number of rotatable bonds is 3. The Bertz CT molecular complexity index is 828. The predicted molar refractivity (Wildman–Crippen MR) is 106 cm³/mol. The molecule has 1 saturated heterocycles. The van der Waals surface area contributed by atoms with Gasteiger partial charge in [-0.1, -0.05) is 12.2 Å². The highest BCUT2D eigenvalue weighted by Gasteiger charge is 2.16. The van der Waals surface area contributed by atoms with E-state index in [1.54, 1.807) is 0 Å². The van der Waals surface area contributed by atoms with E-state index in [9.17, 15) is 0 Å². The summed E-state index contributed by atoms with van der Waals surface area (Å²) in [4.78, 5) is 0. The van der Waals surface area contributed by atoms with E-state index < -0.39 is 0 Å². The van der Waals surface area contributed by atoms with E-state index in [0.717, 1.165) is 19.6 Å². The van der Waals surface area contributed by atoms with E-state index in [1.807, 2.05) is 0 Å². The summed E-state index contributed by atoms with van der Waals surface area (Å²) < 4.78 is 0. The molecule has 0 bridgehead atoms. The molecule has 4 N–H and O–H groups in total. The molecule has 0 aliphatic carbocycles. The van der Waals surface area contributed by atoms with Crippen LogP contribution in [0.15, 0.2) is 30.0 Å². The number of anilines is 1. The standard InChI is InChI=1S/C21H28N4/c1-14-9-17(10-15(2)24-14)18-11-16-3-6-23-13-20(16)21(12-18)25-19-4-7-22-8-5-19/h3,9-14,19,22-25H,4-8H2,1-2H3. The largest absolute Gasteiger partial charge is 0.387 e. The van der Waals surface area contributed by atoms with Gasteiger partial charge in [-0.2, -0.15) is 0 Å². The van der Waals surface area contributed by atoms with Crippen molar-refractivity contribution in [1.29, 1.82) is 0 Å². The predicted octanol–water partition coefficient (Wildman–Crippen LogP) is 1.25. The van der Waals surface area contributed by atoms with Gasteiger partial charge in [0.15, 0.2) is 0 Å². The van der Waals surface area contributed by atoms with Crippen LogP contribution in [0.25, 0.3) is 17.8 Å². The SMILES string of the molecule is CC1=CC(c2cc(NC3CCNCC3)c3c(c2)=CCNC=3)=CC(C)N1. The van der Waals surface area contributed by atoms with Crippen LogP contribution in [0.4, 0.5) is 5.69 Å². The van der Waals surface area contributed by atoms with Gasteiger partial charge in [0, 0.05) is 41.4 Å². The molecule has 132 valence electrons. The maximum atomic E-state index is 3.82. The second-order valence-electron chi connectivity index (χ2n) is 7.33. The van der Waals surface area contributed by atoms with Crippen molar-refractivity contribution in [3.05, 3.63) is 46.0 Å². The first-order valence-corrected chi connectivity index (χ1v) is 9.41. The van der Waals surface area contributed by atoms with Crippen molar-refractivity contribution in [2.75, 3.05) is 25.0 Å². The molecule has 1 unspecified atom stereocenters. The fourth-order valence-corrected chi connectivity index (χ4v) is 3.98. The molecule has 3 heterocycles. The Morgan fingerprint density at radius 3 is 2.80 bits per heavy atom. The lowest BCUT2D eigenvalue weighted by Gasteiger charge is -2.26. The van der Waals surface area contributed by atoms with E-state index in [0.29, 0.717) is 12.1 Å². The summed E-state index contributed by atoms with van der Waals surface area (Å²) in [5.41, 5.74) is 5.09. The zero-order valence-electron chi connectivity index (χ0n) is 15.2. The molecule has 1 fully saturated rings. The van der Waals surface area contributed by atoms with Crippen molar-refractivity contribution in [3.63, 3.8) is 0 Å². The monoisotopic (exact) mass is 336 g/mol. The van der Waals surface area contributed by atoms with Gasteiger partial charge in [0.25, 0.3) is 0 Å². The van der Waals surface area contributed by atoms with Gasteiger partial charge in [-0.25, -0.2) is 0 Å². The molecule has 4 heteroatoms. The highest BCUT2D eigenvalue weighted by molar-refractivity contribution is 5.78. The van der Waals surface area contributed by atoms with Gasteiger partial charge in [-0.05, 0) is 74.3 Å². The topological polar surface area (TPSA) is 48.1 Å². The van der Waals surface area contributed by atoms with E-state index in [1.165, 1.54) is 45.8 Å². The molecule has 0 radical (unpaired) electrons. The lowest BCUT2D eigenvalue weighted by Crippen LogP contribution is -2.40. The summed E-state index contributed by atoms with van der Waals surface area (Å²) >= 11 is 0. The Balaban J connectivity index is 1.75. The summed E-state index contributed by atoms with van der Waals surface area (Å²) in [5, 5.41) is 16.7. The van der Waals surface area contributed by atoms with Crippen LogP contribution in [0.2, 0.25) is 0 Å². The Hall–Kier alpha value is -2.20. The minimum atomic E-state index is 0.370. The highest BCUT2D eigenvalue weighted by Crippen LogP contribution is 2.22. The third kappa shape index (κ3) is 3.59. The third-order valence-electron chi connectivity index (χ3n) is 5.19. The number of hydrogen-bond donors (Lipinski definition) is 4. The Morgan fingerprint density at radius 2 is 2.00 bits per heavy atom. The van der Waals surface area contributed by atoms with Gasteiger partial charge in [-0.15, -0.1) is 0 Å². The summed E-state index contributed by atoms with van der Waals surface area (Å²) in [7, 11) is 0. The summed E-state index contributed by atoms with van der Waals surface area (Å²) in [6.45, 7) is 7.44. The van der Waals surface area contributed by atoms with Gasteiger partial charge in [0.1, 0.15) is 0 Å². The first-order chi connectivity index (χ1) is 12.2. The van der Waals surface area contributed by atoms with Crippen LogP contribution in [0, 0.1) is 0 Å². The Labute approximate surface area is 149 Å². The lowest BCUT2D eigenvalue weighted by atomic mass is 9.96. The van der Waals surface area contributed by atoms with Crippen LogP contribution < -0.4 is 31.7 Å². The van der Waals surface area contributed by atoms with Gasteiger partial charge < -0.3 is 21.3 Å². The zero-order valence-corrected chi connectivity index (χ0v) is 15.2. The molecule has 1 aromatic rings. The van der Waals surface area contributed by atoms with Crippen molar-refractivity contribution in [2.45, 2.75) is 38.8 Å². The normalized spacial score (nSPS) is 23.0. The van der Waals surface area contributed by atoms with E-state index in [2.05, 4.69) is 71.7 Å². The second kappa shape index (κ2) is 6.96. The number of allylic oxidation sites excluding steroid dienone is 3. The van der Waals surface area contributed by atoms with E-state index in [-0.39, 0.29) is 0 Å². The molecule has 3 aliphatic rings. The number of piperidine rings is 1. The average molecular weight is 336 g/mol. The summed E-state index contributed by atoms with van der Waals surface area (Å²) in [6.07, 6.45) is 11.4. The molecule has 1 atom stereocenters. The highest BCUT2D eigenvalue weighted by atomic mass is 15.0. The molecule has 3 aliphatic heterocycles. The third-order valence-corrected chi connectivity index (χ3v) is 5.19. The summed E-state index contributed by atoms with van der Waals surface area (Å²) in [5.74, 6) is 0. The maximum Gasteiger partial charge on any atom is 0.0442 e. The molecule has 25 heavy (non-hydrogen) atoms. The van der Waals surface area contributed by atoms with Crippen molar-refractivity contribution in [1.82, 2.24) is 16.0 Å². The quantitative estimate of drug-likeness (QED) is 0.671. The number of dihydropyridines is 1. The first-order valence-electron chi connectivity index (χ1n) is 9.41. The Morgan fingerprint density at radius 1 is 1.16 bits per heavy atom.